The van der Waals surface area contributed by atoms with Gasteiger partial charge in [-0.15, -0.1) is 0 Å². The first-order chi connectivity index (χ1) is 26.8. The molecule has 1 N–H and O–H groups in total. The molecular formula is C51H37N3. The minimum atomic E-state index is -0.504. The van der Waals surface area contributed by atoms with Gasteiger partial charge in [-0.05, 0) is 73.8 Å². The number of nitrogens with zero attached hydrogens (tertiary/aromatic N) is 2. The first kappa shape index (κ1) is 32.8. The zero-order valence-electron chi connectivity index (χ0n) is 29.7. The van der Waals surface area contributed by atoms with Crippen molar-refractivity contribution in [1.29, 1.82) is 0 Å². The van der Waals surface area contributed by atoms with E-state index < -0.39 is 6.17 Å². The van der Waals surface area contributed by atoms with Crippen molar-refractivity contribution in [2.45, 2.75) is 6.17 Å². The molecule has 0 fully saturated rings. The first-order valence-corrected chi connectivity index (χ1v) is 18.4. The average Bonchev–Trinajstić information content (AvgIpc) is 3.27. The van der Waals surface area contributed by atoms with Gasteiger partial charge in [0.2, 0.25) is 0 Å². The Kier molecular flexibility index (Phi) is 9.02. The van der Waals surface area contributed by atoms with Gasteiger partial charge in [-0.2, -0.15) is 0 Å². The van der Waals surface area contributed by atoms with E-state index in [0.29, 0.717) is 0 Å². The minimum absolute atomic E-state index is 0.504. The second-order valence-corrected chi connectivity index (χ2v) is 13.4. The molecule has 0 radical (unpaired) electrons. The smallest absolute Gasteiger partial charge is 0.170 e. The Bertz CT molecular complexity index is 2600. The lowest BCUT2D eigenvalue weighted by Crippen LogP contribution is -2.36. The first-order valence-electron chi connectivity index (χ1n) is 18.4. The summed E-state index contributed by atoms with van der Waals surface area (Å²) in [6.45, 7) is 0. The fraction of sp³-hybridized carbons (Fsp3) is 0.0196. The topological polar surface area (TPSA) is 36.8 Å². The Morgan fingerprint density at radius 1 is 0.296 bits per heavy atom. The molecule has 1 atom stereocenters. The van der Waals surface area contributed by atoms with Gasteiger partial charge >= 0.3 is 0 Å². The Morgan fingerprint density at radius 2 is 0.704 bits per heavy atom. The van der Waals surface area contributed by atoms with Crippen molar-refractivity contribution in [3.63, 3.8) is 0 Å². The van der Waals surface area contributed by atoms with E-state index >= 15 is 0 Å². The molecule has 1 unspecified atom stereocenters. The molecule has 3 nitrogen and oxygen atoms in total. The van der Waals surface area contributed by atoms with Crippen LogP contribution in [0, 0.1) is 0 Å². The second kappa shape index (κ2) is 14.9. The molecule has 9 rings (SSSR count). The molecule has 0 bridgehead atoms. The molecular weight excluding hydrogens is 655 g/mol. The Morgan fingerprint density at radius 3 is 1.30 bits per heavy atom. The number of benzene rings is 8. The van der Waals surface area contributed by atoms with Crippen molar-refractivity contribution in [1.82, 2.24) is 5.32 Å². The maximum absolute atomic E-state index is 5.49. The lowest BCUT2D eigenvalue weighted by Gasteiger charge is -2.25. The third-order valence-corrected chi connectivity index (χ3v) is 9.95. The third-order valence-electron chi connectivity index (χ3n) is 9.95. The maximum atomic E-state index is 5.49. The highest BCUT2D eigenvalue weighted by Gasteiger charge is 2.25. The van der Waals surface area contributed by atoms with Crippen molar-refractivity contribution in [3.8, 4) is 55.6 Å². The molecule has 1 aliphatic rings. The normalized spacial score (nSPS) is 13.7. The standard InChI is InChI=1S/C51H37N3/c1-6-19-36(20-7-1)41-33-42(45-30-17-16-29-44(45)37-21-8-2-9-22-37)35-43(34-41)50-52-49(40-27-14-5-15-28-40)53-51(54-50)47-32-18-31-46(38-23-10-3-11-24-38)48(47)39-25-12-4-13-26-39/h1-35,51H,(H,52,53,54). The van der Waals surface area contributed by atoms with Crippen molar-refractivity contribution < 1.29 is 0 Å². The van der Waals surface area contributed by atoms with Crippen molar-refractivity contribution in [2.75, 3.05) is 0 Å². The molecule has 0 saturated heterocycles. The number of aliphatic imine (C=N–C) groups is 2. The highest BCUT2D eigenvalue weighted by Crippen LogP contribution is 2.41. The maximum Gasteiger partial charge on any atom is 0.170 e. The zero-order valence-corrected chi connectivity index (χ0v) is 29.7. The largest absolute Gasteiger partial charge is 0.324 e. The zero-order chi connectivity index (χ0) is 36.1. The van der Waals surface area contributed by atoms with Crippen LogP contribution in [0.15, 0.2) is 222 Å². The van der Waals surface area contributed by atoms with Crippen LogP contribution in [0.1, 0.15) is 22.9 Å². The number of hydrogen-bond donors (Lipinski definition) is 1. The summed E-state index contributed by atoms with van der Waals surface area (Å²) in [6, 6.07) is 74.7. The predicted molar refractivity (Wildman–Crippen MR) is 225 cm³/mol. The van der Waals surface area contributed by atoms with E-state index in [1.54, 1.807) is 0 Å². The van der Waals surface area contributed by atoms with Gasteiger partial charge in [0, 0.05) is 16.7 Å². The monoisotopic (exact) mass is 691 g/mol. The minimum Gasteiger partial charge on any atom is -0.324 e. The second-order valence-electron chi connectivity index (χ2n) is 13.4. The van der Waals surface area contributed by atoms with E-state index in [4.69, 9.17) is 9.98 Å². The van der Waals surface area contributed by atoms with Crippen LogP contribution in [0.3, 0.4) is 0 Å². The van der Waals surface area contributed by atoms with Gasteiger partial charge in [0.15, 0.2) is 6.17 Å². The van der Waals surface area contributed by atoms with Crippen molar-refractivity contribution in [3.05, 3.63) is 229 Å². The quantitative estimate of drug-likeness (QED) is 0.169. The highest BCUT2D eigenvalue weighted by atomic mass is 15.2. The van der Waals surface area contributed by atoms with Gasteiger partial charge in [0.1, 0.15) is 11.7 Å². The summed E-state index contributed by atoms with van der Waals surface area (Å²) in [5, 5.41) is 3.69. The van der Waals surface area contributed by atoms with Crippen LogP contribution >= 0.6 is 0 Å². The summed E-state index contributed by atoms with van der Waals surface area (Å²) in [6.07, 6.45) is -0.504. The van der Waals surface area contributed by atoms with Crippen LogP contribution in [-0.2, 0) is 0 Å². The molecule has 54 heavy (non-hydrogen) atoms. The molecule has 0 aliphatic carbocycles. The Hall–Kier alpha value is -7.10. The van der Waals surface area contributed by atoms with Crippen LogP contribution in [0.2, 0.25) is 0 Å². The number of amidine groups is 2. The average molecular weight is 692 g/mol. The summed E-state index contributed by atoms with van der Waals surface area (Å²) in [4.78, 5) is 10.8. The molecule has 0 aromatic heterocycles. The SMILES string of the molecule is c1ccc(C2=NC(c3cccc(-c4ccccc4)c3-c3ccccc3)N=C(c3cc(-c4ccccc4)cc(-c4ccccc4-c4ccccc4)c3)N2)cc1. The summed E-state index contributed by atoms with van der Waals surface area (Å²) in [5.41, 5.74) is 14.5. The molecule has 3 heteroatoms. The predicted octanol–water partition coefficient (Wildman–Crippen LogP) is 12.5. The molecule has 0 spiro atoms. The van der Waals surface area contributed by atoms with Gasteiger partial charge in [0.25, 0.3) is 0 Å². The van der Waals surface area contributed by atoms with E-state index in [-0.39, 0.29) is 0 Å². The highest BCUT2D eigenvalue weighted by molar-refractivity contribution is 6.16. The summed E-state index contributed by atoms with van der Waals surface area (Å²) in [7, 11) is 0. The molecule has 0 saturated carbocycles. The van der Waals surface area contributed by atoms with Crippen LogP contribution < -0.4 is 5.32 Å². The van der Waals surface area contributed by atoms with Gasteiger partial charge in [-0.3, -0.25) is 0 Å². The van der Waals surface area contributed by atoms with Gasteiger partial charge in [-0.25, -0.2) is 9.98 Å². The van der Waals surface area contributed by atoms with Crippen molar-refractivity contribution >= 4 is 11.7 Å². The molecule has 8 aromatic carbocycles. The van der Waals surface area contributed by atoms with Gasteiger partial charge < -0.3 is 5.32 Å². The molecule has 0 amide bonds. The van der Waals surface area contributed by atoms with Crippen LogP contribution in [0.4, 0.5) is 0 Å². The fourth-order valence-electron chi connectivity index (χ4n) is 7.37. The molecule has 8 aromatic rings. The molecule has 256 valence electrons. The number of rotatable bonds is 8. The lowest BCUT2D eigenvalue weighted by atomic mass is 9.89. The van der Waals surface area contributed by atoms with E-state index in [2.05, 4.69) is 212 Å². The van der Waals surface area contributed by atoms with Crippen LogP contribution in [-0.4, -0.2) is 11.7 Å². The number of nitrogens with one attached hydrogen (secondary N) is 1. The van der Waals surface area contributed by atoms with E-state index in [1.807, 2.05) is 6.07 Å². The van der Waals surface area contributed by atoms with Crippen molar-refractivity contribution in [2.24, 2.45) is 9.98 Å². The van der Waals surface area contributed by atoms with Crippen LogP contribution in [0.5, 0.6) is 0 Å². The Labute approximate surface area is 316 Å². The van der Waals surface area contributed by atoms with E-state index in [1.165, 1.54) is 11.1 Å². The summed E-state index contributed by atoms with van der Waals surface area (Å²) >= 11 is 0. The van der Waals surface area contributed by atoms with Gasteiger partial charge in [0.05, 0.1) is 0 Å². The molecule has 1 heterocycles. The summed E-state index contributed by atoms with van der Waals surface area (Å²) < 4.78 is 0. The van der Waals surface area contributed by atoms with E-state index in [9.17, 15) is 0 Å². The Balaban J connectivity index is 1.26. The fourth-order valence-corrected chi connectivity index (χ4v) is 7.37. The van der Waals surface area contributed by atoms with Crippen LogP contribution in [0.25, 0.3) is 55.6 Å². The lowest BCUT2D eigenvalue weighted by molar-refractivity contribution is 0.758. The van der Waals surface area contributed by atoms with Gasteiger partial charge in [-0.1, -0.05) is 194 Å². The number of hydrogen-bond acceptors (Lipinski definition) is 3. The summed E-state index contributed by atoms with van der Waals surface area (Å²) in [5.74, 6) is 1.56. The third kappa shape index (κ3) is 6.67. The van der Waals surface area contributed by atoms with E-state index in [0.717, 1.165) is 72.9 Å². The molecule has 1 aliphatic heterocycles.